The van der Waals surface area contributed by atoms with Gasteiger partial charge in [-0.25, -0.2) is 0 Å². The molecule has 3 heteroatoms. The van der Waals surface area contributed by atoms with Crippen molar-refractivity contribution in [2.75, 3.05) is 13.2 Å². The Morgan fingerprint density at radius 1 is 1.00 bits per heavy atom. The molecule has 5 unspecified atom stereocenters. The molecule has 0 aromatic carbocycles. The van der Waals surface area contributed by atoms with Gasteiger partial charge in [-0.15, -0.1) is 0 Å². The van der Waals surface area contributed by atoms with Gasteiger partial charge in [0.15, 0.2) is 0 Å². The van der Waals surface area contributed by atoms with Crippen LogP contribution in [0.4, 0.5) is 0 Å². The number of fused-ring (bicyclic) bond motifs is 4. The second kappa shape index (κ2) is 6.13. The van der Waals surface area contributed by atoms with Gasteiger partial charge >= 0.3 is 5.97 Å². The highest BCUT2D eigenvalue weighted by Crippen LogP contribution is 2.43. The van der Waals surface area contributed by atoms with Crippen molar-refractivity contribution < 1.29 is 14.6 Å². The van der Waals surface area contributed by atoms with E-state index in [2.05, 4.69) is 24.3 Å². The Bertz CT molecular complexity index is 400. The number of esters is 1. The van der Waals surface area contributed by atoms with Gasteiger partial charge in [0.2, 0.25) is 0 Å². The number of hydrogen-bond donors (Lipinski definition) is 1. The van der Waals surface area contributed by atoms with E-state index in [0.717, 1.165) is 24.7 Å². The molecule has 2 saturated carbocycles. The summed E-state index contributed by atoms with van der Waals surface area (Å²) in [5.41, 5.74) is 0. The molecule has 4 rings (SSSR count). The van der Waals surface area contributed by atoms with Crippen molar-refractivity contribution in [1.82, 2.24) is 0 Å². The Labute approximate surface area is 120 Å². The highest BCUT2D eigenvalue weighted by molar-refractivity contribution is 5.74. The van der Waals surface area contributed by atoms with Crippen LogP contribution in [0.2, 0.25) is 0 Å². The molecule has 0 amide bonds. The van der Waals surface area contributed by atoms with Gasteiger partial charge in [0.25, 0.3) is 0 Å². The minimum absolute atomic E-state index is 0.0570. The van der Waals surface area contributed by atoms with Crippen LogP contribution in [0.5, 0.6) is 0 Å². The average molecular weight is 276 g/mol. The summed E-state index contributed by atoms with van der Waals surface area (Å²) in [4.78, 5) is 11.4. The quantitative estimate of drug-likeness (QED) is 0.637. The molecular weight excluding hydrogens is 252 g/mol. The fraction of sp³-hybridized carbons (Fsp3) is 0.706. The number of carbonyl (C=O) groups excluding carboxylic acids is 1. The molecule has 0 aromatic heterocycles. The fourth-order valence-electron chi connectivity index (χ4n) is 4.02. The van der Waals surface area contributed by atoms with Gasteiger partial charge < -0.3 is 9.84 Å². The molecule has 0 spiro atoms. The Morgan fingerprint density at radius 3 is 2.10 bits per heavy atom. The van der Waals surface area contributed by atoms with Gasteiger partial charge in [-0.3, -0.25) is 4.79 Å². The first-order valence-electron chi connectivity index (χ1n) is 7.90. The summed E-state index contributed by atoms with van der Waals surface area (Å²) in [6.45, 7) is 0.0544. The van der Waals surface area contributed by atoms with Gasteiger partial charge in [0, 0.05) is 0 Å². The number of aliphatic hydroxyl groups excluding tert-OH is 1. The zero-order valence-electron chi connectivity index (χ0n) is 11.9. The second-order valence-corrected chi connectivity index (χ2v) is 6.50. The van der Waals surface area contributed by atoms with Crippen molar-refractivity contribution >= 4 is 5.97 Å². The molecule has 110 valence electrons. The first kappa shape index (κ1) is 13.9. The molecule has 2 fully saturated rings. The van der Waals surface area contributed by atoms with Crippen LogP contribution >= 0.6 is 0 Å². The molecule has 4 bridgehead atoms. The zero-order valence-corrected chi connectivity index (χ0v) is 11.9. The van der Waals surface area contributed by atoms with Gasteiger partial charge in [-0.05, 0) is 55.8 Å². The lowest BCUT2D eigenvalue weighted by Crippen LogP contribution is -2.22. The van der Waals surface area contributed by atoms with Crippen LogP contribution in [0, 0.1) is 29.6 Å². The minimum atomic E-state index is -0.133. The molecule has 0 aliphatic heterocycles. The topological polar surface area (TPSA) is 46.5 Å². The van der Waals surface area contributed by atoms with Crippen molar-refractivity contribution in [2.24, 2.45) is 29.6 Å². The summed E-state index contributed by atoms with van der Waals surface area (Å²) in [5.74, 6) is 2.90. The predicted molar refractivity (Wildman–Crippen MR) is 76.9 cm³/mol. The Hall–Kier alpha value is -1.09. The largest absolute Gasteiger partial charge is 0.463 e. The van der Waals surface area contributed by atoms with E-state index in [0.29, 0.717) is 11.8 Å². The van der Waals surface area contributed by atoms with Gasteiger partial charge in [0.1, 0.15) is 6.61 Å². The summed E-state index contributed by atoms with van der Waals surface area (Å²) < 4.78 is 4.90. The van der Waals surface area contributed by atoms with Crippen molar-refractivity contribution in [1.29, 1.82) is 0 Å². The van der Waals surface area contributed by atoms with E-state index in [1.807, 2.05) is 0 Å². The maximum atomic E-state index is 11.4. The SMILES string of the molecule is C1=CC2CCC1C2.O=C(OCCO)C1CC2C=CC1C2. The van der Waals surface area contributed by atoms with E-state index in [1.165, 1.54) is 19.3 Å². The molecule has 4 aliphatic carbocycles. The molecule has 1 N–H and O–H groups in total. The summed E-state index contributed by atoms with van der Waals surface area (Å²) in [6, 6.07) is 0. The molecule has 20 heavy (non-hydrogen) atoms. The van der Waals surface area contributed by atoms with E-state index < -0.39 is 0 Å². The third-order valence-corrected chi connectivity index (χ3v) is 5.09. The maximum absolute atomic E-state index is 11.4. The molecule has 0 aromatic rings. The molecule has 0 heterocycles. The number of carbonyl (C=O) groups is 1. The van der Waals surface area contributed by atoms with E-state index in [4.69, 9.17) is 9.84 Å². The van der Waals surface area contributed by atoms with Gasteiger partial charge in [0.05, 0.1) is 12.5 Å². The van der Waals surface area contributed by atoms with Crippen molar-refractivity contribution in [2.45, 2.75) is 32.1 Å². The highest BCUT2D eigenvalue weighted by Gasteiger charge is 2.40. The Morgan fingerprint density at radius 2 is 1.70 bits per heavy atom. The lowest BCUT2D eigenvalue weighted by Gasteiger charge is -2.15. The van der Waals surface area contributed by atoms with Crippen LogP contribution in [-0.4, -0.2) is 24.3 Å². The van der Waals surface area contributed by atoms with Crippen LogP contribution in [0.25, 0.3) is 0 Å². The number of allylic oxidation sites excluding steroid dienone is 4. The van der Waals surface area contributed by atoms with Gasteiger partial charge in [-0.2, -0.15) is 0 Å². The standard InChI is InChI=1S/C10H14O3.C7H10/c11-3-4-13-10(12)9-6-7-1-2-8(9)5-7;1-2-7-4-3-6(1)5-7/h1-2,7-9,11H,3-6H2;1-2,6-7H,3-5H2. The van der Waals surface area contributed by atoms with Crippen molar-refractivity contribution in [3.63, 3.8) is 0 Å². The normalized spacial score (nSPS) is 39.0. The number of hydrogen-bond acceptors (Lipinski definition) is 3. The van der Waals surface area contributed by atoms with Crippen LogP contribution < -0.4 is 0 Å². The van der Waals surface area contributed by atoms with Crippen LogP contribution in [0.1, 0.15) is 32.1 Å². The number of ether oxygens (including phenoxy) is 1. The summed E-state index contributed by atoms with van der Waals surface area (Å²) in [7, 11) is 0. The van der Waals surface area contributed by atoms with Crippen LogP contribution in [0.15, 0.2) is 24.3 Å². The van der Waals surface area contributed by atoms with Gasteiger partial charge in [-0.1, -0.05) is 24.3 Å². The van der Waals surface area contributed by atoms with E-state index in [-0.39, 0.29) is 25.1 Å². The smallest absolute Gasteiger partial charge is 0.309 e. The lowest BCUT2D eigenvalue weighted by molar-refractivity contribution is -0.150. The Kier molecular flexibility index (Phi) is 4.25. The minimum Gasteiger partial charge on any atom is -0.463 e. The summed E-state index contributed by atoms with van der Waals surface area (Å²) >= 11 is 0. The average Bonchev–Trinajstić information content (AvgIpc) is 3.25. The predicted octanol–water partition coefficient (Wildman–Crippen LogP) is 2.71. The van der Waals surface area contributed by atoms with Crippen LogP contribution in [0.3, 0.4) is 0 Å². The second-order valence-electron chi connectivity index (χ2n) is 6.50. The highest BCUT2D eigenvalue weighted by atomic mass is 16.5. The van der Waals surface area contributed by atoms with Crippen molar-refractivity contribution in [3.05, 3.63) is 24.3 Å². The number of aliphatic hydroxyl groups is 1. The first-order valence-corrected chi connectivity index (χ1v) is 7.90. The lowest BCUT2D eigenvalue weighted by atomic mass is 9.94. The molecule has 3 nitrogen and oxygen atoms in total. The van der Waals surface area contributed by atoms with E-state index >= 15 is 0 Å². The summed E-state index contributed by atoms with van der Waals surface area (Å²) in [5, 5.41) is 8.50. The molecule has 0 saturated heterocycles. The number of rotatable bonds is 3. The molecule has 5 atom stereocenters. The first-order chi connectivity index (χ1) is 9.76. The summed E-state index contributed by atoms with van der Waals surface area (Å²) in [6.07, 6.45) is 15.6. The van der Waals surface area contributed by atoms with E-state index in [9.17, 15) is 4.79 Å². The third kappa shape index (κ3) is 2.98. The van der Waals surface area contributed by atoms with E-state index in [1.54, 1.807) is 0 Å². The zero-order chi connectivity index (χ0) is 13.9. The Balaban J connectivity index is 0.000000144. The van der Waals surface area contributed by atoms with Crippen LogP contribution in [-0.2, 0) is 9.53 Å². The molecular formula is C17H24O3. The molecule has 0 radical (unpaired) electrons. The molecule has 4 aliphatic rings. The third-order valence-electron chi connectivity index (χ3n) is 5.09. The fourth-order valence-corrected chi connectivity index (χ4v) is 4.02. The monoisotopic (exact) mass is 276 g/mol. The van der Waals surface area contributed by atoms with Crippen molar-refractivity contribution in [3.8, 4) is 0 Å². The maximum Gasteiger partial charge on any atom is 0.309 e.